The van der Waals surface area contributed by atoms with Crippen LogP contribution in [0.2, 0.25) is 0 Å². The molecule has 0 spiro atoms. The fourth-order valence-corrected chi connectivity index (χ4v) is 2.27. The van der Waals surface area contributed by atoms with Crippen LogP contribution in [-0.4, -0.2) is 28.8 Å². The van der Waals surface area contributed by atoms with Crippen molar-refractivity contribution < 1.29 is 4.79 Å². The number of rotatable bonds is 6. The minimum absolute atomic E-state index is 0.0552. The SMILES string of the molecule is CNC(=O)c1cccc(N[C@H](C)CCn2cccn2)c1C. The lowest BCUT2D eigenvalue weighted by Crippen LogP contribution is -2.21. The molecule has 1 atom stereocenters. The smallest absolute Gasteiger partial charge is 0.251 e. The zero-order chi connectivity index (χ0) is 15.2. The minimum atomic E-state index is -0.0552. The number of anilines is 1. The minimum Gasteiger partial charge on any atom is -0.382 e. The molecule has 0 aliphatic heterocycles. The molecule has 0 aliphatic rings. The Morgan fingerprint density at radius 1 is 1.38 bits per heavy atom. The molecule has 0 unspecified atom stereocenters. The molecule has 5 heteroatoms. The quantitative estimate of drug-likeness (QED) is 0.857. The summed E-state index contributed by atoms with van der Waals surface area (Å²) < 4.78 is 1.92. The number of nitrogens with one attached hydrogen (secondary N) is 2. The zero-order valence-electron chi connectivity index (χ0n) is 12.8. The Balaban J connectivity index is 2.00. The van der Waals surface area contributed by atoms with Gasteiger partial charge in [-0.15, -0.1) is 0 Å². The maximum atomic E-state index is 11.8. The van der Waals surface area contributed by atoms with Crippen LogP contribution in [0.3, 0.4) is 0 Å². The predicted octanol–water partition coefficient (Wildman–Crippen LogP) is 2.44. The van der Waals surface area contributed by atoms with Crippen molar-refractivity contribution in [2.75, 3.05) is 12.4 Å². The van der Waals surface area contributed by atoms with Crippen LogP contribution in [0.15, 0.2) is 36.7 Å². The van der Waals surface area contributed by atoms with Crippen molar-refractivity contribution in [2.24, 2.45) is 0 Å². The number of hydrogen-bond donors (Lipinski definition) is 2. The summed E-state index contributed by atoms with van der Waals surface area (Å²) in [6.45, 7) is 4.97. The summed E-state index contributed by atoms with van der Waals surface area (Å²) in [6, 6.07) is 7.97. The molecule has 2 N–H and O–H groups in total. The number of benzene rings is 1. The van der Waals surface area contributed by atoms with Crippen LogP contribution in [0.5, 0.6) is 0 Å². The summed E-state index contributed by atoms with van der Waals surface area (Å²) >= 11 is 0. The van der Waals surface area contributed by atoms with Gasteiger partial charge in [0.15, 0.2) is 0 Å². The van der Waals surface area contributed by atoms with Gasteiger partial charge in [-0.05, 0) is 44.0 Å². The lowest BCUT2D eigenvalue weighted by molar-refractivity contribution is 0.0962. The number of nitrogens with zero attached hydrogens (tertiary/aromatic N) is 2. The van der Waals surface area contributed by atoms with E-state index in [1.165, 1.54) is 0 Å². The number of aryl methyl sites for hydroxylation is 1. The summed E-state index contributed by atoms with van der Waals surface area (Å²) in [5.41, 5.74) is 2.69. The van der Waals surface area contributed by atoms with Crippen molar-refractivity contribution in [2.45, 2.75) is 32.9 Å². The molecular formula is C16H22N4O. The van der Waals surface area contributed by atoms with Crippen molar-refractivity contribution in [3.05, 3.63) is 47.8 Å². The molecule has 1 heterocycles. The highest BCUT2D eigenvalue weighted by Crippen LogP contribution is 2.20. The Labute approximate surface area is 125 Å². The van der Waals surface area contributed by atoms with E-state index < -0.39 is 0 Å². The Hall–Kier alpha value is -2.30. The van der Waals surface area contributed by atoms with Crippen LogP contribution >= 0.6 is 0 Å². The molecule has 1 aromatic carbocycles. The first-order chi connectivity index (χ1) is 10.1. The molecule has 1 aromatic heterocycles. The average molecular weight is 286 g/mol. The van der Waals surface area contributed by atoms with Gasteiger partial charge in [-0.1, -0.05) is 6.07 Å². The van der Waals surface area contributed by atoms with Gasteiger partial charge in [0.05, 0.1) is 0 Å². The number of hydrogen-bond acceptors (Lipinski definition) is 3. The molecule has 5 nitrogen and oxygen atoms in total. The van der Waals surface area contributed by atoms with Crippen molar-refractivity contribution >= 4 is 11.6 Å². The van der Waals surface area contributed by atoms with Gasteiger partial charge >= 0.3 is 0 Å². The molecule has 0 bridgehead atoms. The number of amides is 1. The fourth-order valence-electron chi connectivity index (χ4n) is 2.27. The Morgan fingerprint density at radius 2 is 2.19 bits per heavy atom. The van der Waals surface area contributed by atoms with Gasteiger partial charge in [0.25, 0.3) is 5.91 Å². The molecule has 0 saturated carbocycles. The van der Waals surface area contributed by atoms with E-state index in [2.05, 4.69) is 22.7 Å². The molecule has 21 heavy (non-hydrogen) atoms. The number of carbonyl (C=O) groups excluding carboxylic acids is 1. The third-order valence-electron chi connectivity index (χ3n) is 3.56. The van der Waals surface area contributed by atoms with Gasteiger partial charge in [-0.25, -0.2) is 0 Å². The van der Waals surface area contributed by atoms with Crippen LogP contribution in [-0.2, 0) is 6.54 Å². The first kappa shape index (κ1) is 15.1. The topological polar surface area (TPSA) is 59.0 Å². The highest BCUT2D eigenvalue weighted by Gasteiger charge is 2.11. The molecule has 2 aromatic rings. The second-order valence-corrected chi connectivity index (χ2v) is 5.16. The van der Waals surface area contributed by atoms with Crippen molar-refractivity contribution in [3.8, 4) is 0 Å². The van der Waals surface area contributed by atoms with E-state index in [0.29, 0.717) is 11.6 Å². The zero-order valence-corrected chi connectivity index (χ0v) is 12.8. The summed E-state index contributed by atoms with van der Waals surface area (Å²) in [4.78, 5) is 11.8. The van der Waals surface area contributed by atoms with Gasteiger partial charge < -0.3 is 10.6 Å². The summed E-state index contributed by atoms with van der Waals surface area (Å²) in [5.74, 6) is -0.0552. The van der Waals surface area contributed by atoms with Gasteiger partial charge in [-0.2, -0.15) is 5.10 Å². The van der Waals surface area contributed by atoms with E-state index in [0.717, 1.165) is 24.2 Å². The van der Waals surface area contributed by atoms with E-state index >= 15 is 0 Å². The fraction of sp³-hybridized carbons (Fsp3) is 0.375. The molecule has 112 valence electrons. The number of aromatic nitrogens is 2. The van der Waals surface area contributed by atoms with Crippen molar-refractivity contribution in [1.82, 2.24) is 15.1 Å². The third kappa shape index (κ3) is 3.84. The summed E-state index contributed by atoms with van der Waals surface area (Å²) in [6.07, 6.45) is 4.71. The summed E-state index contributed by atoms with van der Waals surface area (Å²) in [5, 5.41) is 10.3. The Morgan fingerprint density at radius 3 is 2.86 bits per heavy atom. The first-order valence-electron chi connectivity index (χ1n) is 7.17. The Bertz CT molecular complexity index is 592. The lowest BCUT2D eigenvalue weighted by Gasteiger charge is -2.18. The molecular weight excluding hydrogens is 264 g/mol. The second kappa shape index (κ2) is 6.92. The monoisotopic (exact) mass is 286 g/mol. The highest BCUT2D eigenvalue weighted by atomic mass is 16.1. The second-order valence-electron chi connectivity index (χ2n) is 5.16. The van der Waals surface area contributed by atoms with Gasteiger partial charge in [0.1, 0.15) is 0 Å². The normalized spacial score (nSPS) is 12.0. The van der Waals surface area contributed by atoms with Crippen LogP contribution < -0.4 is 10.6 Å². The first-order valence-corrected chi connectivity index (χ1v) is 7.17. The maximum absolute atomic E-state index is 11.8. The molecule has 2 rings (SSSR count). The lowest BCUT2D eigenvalue weighted by atomic mass is 10.1. The van der Waals surface area contributed by atoms with Crippen molar-refractivity contribution in [3.63, 3.8) is 0 Å². The predicted molar refractivity (Wildman–Crippen MR) is 84.5 cm³/mol. The molecule has 0 radical (unpaired) electrons. The largest absolute Gasteiger partial charge is 0.382 e. The van der Waals surface area contributed by atoms with Crippen LogP contribution in [0.4, 0.5) is 5.69 Å². The van der Waals surface area contributed by atoms with E-state index in [-0.39, 0.29) is 5.91 Å². The molecule has 0 aliphatic carbocycles. The van der Waals surface area contributed by atoms with E-state index in [4.69, 9.17) is 0 Å². The third-order valence-corrected chi connectivity index (χ3v) is 3.56. The van der Waals surface area contributed by atoms with Crippen LogP contribution in [0.25, 0.3) is 0 Å². The van der Waals surface area contributed by atoms with Crippen LogP contribution in [0, 0.1) is 6.92 Å². The number of carbonyl (C=O) groups is 1. The molecule has 1 amide bonds. The van der Waals surface area contributed by atoms with Gasteiger partial charge in [-0.3, -0.25) is 9.48 Å². The highest BCUT2D eigenvalue weighted by molar-refractivity contribution is 5.96. The molecule has 0 saturated heterocycles. The maximum Gasteiger partial charge on any atom is 0.251 e. The van der Waals surface area contributed by atoms with Gasteiger partial charge in [0.2, 0.25) is 0 Å². The van der Waals surface area contributed by atoms with Gasteiger partial charge in [0, 0.05) is 43.3 Å². The van der Waals surface area contributed by atoms with E-state index in [9.17, 15) is 4.79 Å². The van der Waals surface area contributed by atoms with E-state index in [1.807, 2.05) is 42.1 Å². The van der Waals surface area contributed by atoms with Crippen LogP contribution in [0.1, 0.15) is 29.3 Å². The summed E-state index contributed by atoms with van der Waals surface area (Å²) in [7, 11) is 1.65. The average Bonchev–Trinajstić information content (AvgIpc) is 3.00. The Kier molecular flexibility index (Phi) is 4.98. The van der Waals surface area contributed by atoms with Crippen molar-refractivity contribution in [1.29, 1.82) is 0 Å². The molecule has 0 fully saturated rings. The van der Waals surface area contributed by atoms with E-state index in [1.54, 1.807) is 13.2 Å². The standard InChI is InChI=1S/C16H22N4O/c1-12(8-11-20-10-5-9-18-20)19-15-7-4-6-14(13(15)2)16(21)17-3/h4-7,9-10,12,19H,8,11H2,1-3H3,(H,17,21)/t12-/m1/s1.